The van der Waals surface area contributed by atoms with Crippen LogP contribution in [-0.4, -0.2) is 11.8 Å². The number of anilines is 2. The molecule has 4 nitrogen and oxygen atoms in total. The maximum Gasteiger partial charge on any atom is 0.418 e. The molecule has 0 spiro atoms. The Morgan fingerprint density at radius 3 is 2.16 bits per heavy atom. The van der Waals surface area contributed by atoms with Crippen LogP contribution in [-0.2, 0) is 15.8 Å². The van der Waals surface area contributed by atoms with E-state index in [1.165, 1.54) is 24.3 Å². The van der Waals surface area contributed by atoms with Crippen LogP contribution in [0.3, 0.4) is 0 Å². The van der Waals surface area contributed by atoms with E-state index in [1.54, 1.807) is 0 Å². The molecule has 2 amide bonds. The molecule has 0 aliphatic carbocycles. The average Bonchev–Trinajstić information content (AvgIpc) is 2.50. The van der Waals surface area contributed by atoms with Crippen LogP contribution in [0.5, 0.6) is 0 Å². The Balaban J connectivity index is 2.06. The van der Waals surface area contributed by atoms with Gasteiger partial charge in [-0.1, -0.05) is 23.7 Å². The SMILES string of the molecule is O=C(CC(=O)Nc1ccc(Cl)cc1C(F)(F)F)Nc1ccccc1F. The quantitative estimate of drug-likeness (QED) is 0.613. The van der Waals surface area contributed by atoms with E-state index in [9.17, 15) is 27.2 Å². The molecule has 0 aliphatic rings. The molecule has 0 atom stereocenters. The standard InChI is InChI=1S/C16H11ClF4N2O2/c17-9-5-6-12(10(7-9)16(19,20)21)22-14(24)8-15(25)23-13-4-2-1-3-11(13)18/h1-7H,8H2,(H,22,24)(H,23,25). The van der Waals surface area contributed by atoms with Crippen LogP contribution in [0.25, 0.3) is 0 Å². The Bertz CT molecular complexity index is 809. The molecule has 2 aromatic rings. The highest BCUT2D eigenvalue weighted by atomic mass is 35.5. The van der Waals surface area contributed by atoms with Gasteiger partial charge in [0.1, 0.15) is 12.2 Å². The van der Waals surface area contributed by atoms with Crippen molar-refractivity contribution >= 4 is 34.8 Å². The number of benzene rings is 2. The maximum absolute atomic E-state index is 13.4. The largest absolute Gasteiger partial charge is 0.418 e. The second-order valence-corrected chi connectivity index (χ2v) is 5.38. The van der Waals surface area contributed by atoms with Gasteiger partial charge >= 0.3 is 6.18 Å². The van der Waals surface area contributed by atoms with Gasteiger partial charge in [-0.15, -0.1) is 0 Å². The molecule has 2 rings (SSSR count). The van der Waals surface area contributed by atoms with Gasteiger partial charge < -0.3 is 10.6 Å². The second-order valence-electron chi connectivity index (χ2n) is 4.94. The Labute approximate surface area is 144 Å². The molecule has 0 saturated carbocycles. The number of halogens is 5. The lowest BCUT2D eigenvalue weighted by Crippen LogP contribution is -2.23. The molecule has 25 heavy (non-hydrogen) atoms. The van der Waals surface area contributed by atoms with Gasteiger partial charge in [-0.25, -0.2) is 4.39 Å². The predicted octanol–water partition coefficient (Wildman–Crippen LogP) is 4.47. The van der Waals surface area contributed by atoms with Crippen LogP contribution in [0.15, 0.2) is 42.5 Å². The minimum Gasteiger partial charge on any atom is -0.325 e. The van der Waals surface area contributed by atoms with Crippen LogP contribution in [0.1, 0.15) is 12.0 Å². The Morgan fingerprint density at radius 2 is 1.56 bits per heavy atom. The van der Waals surface area contributed by atoms with Crippen molar-refractivity contribution in [3.8, 4) is 0 Å². The number of hydrogen-bond donors (Lipinski definition) is 2. The molecule has 0 aromatic heterocycles. The van der Waals surface area contributed by atoms with E-state index in [4.69, 9.17) is 11.6 Å². The highest BCUT2D eigenvalue weighted by molar-refractivity contribution is 6.30. The van der Waals surface area contributed by atoms with Crippen molar-refractivity contribution in [2.24, 2.45) is 0 Å². The third-order valence-electron chi connectivity index (χ3n) is 3.03. The number of para-hydroxylation sites is 1. The van der Waals surface area contributed by atoms with Crippen molar-refractivity contribution in [1.29, 1.82) is 0 Å². The maximum atomic E-state index is 13.4. The molecule has 0 unspecified atom stereocenters. The fraction of sp³-hybridized carbons (Fsp3) is 0.125. The Hall–Kier alpha value is -2.61. The van der Waals surface area contributed by atoms with E-state index >= 15 is 0 Å². The summed E-state index contributed by atoms with van der Waals surface area (Å²) in [7, 11) is 0. The molecule has 2 N–H and O–H groups in total. The van der Waals surface area contributed by atoms with E-state index < -0.39 is 41.5 Å². The number of carbonyl (C=O) groups excluding carboxylic acids is 2. The molecule has 132 valence electrons. The summed E-state index contributed by atoms with van der Waals surface area (Å²) in [6, 6.07) is 8.10. The minimum absolute atomic E-state index is 0.136. The number of carbonyl (C=O) groups is 2. The minimum atomic E-state index is -4.73. The molecule has 0 radical (unpaired) electrons. The van der Waals surface area contributed by atoms with Crippen molar-refractivity contribution in [3.05, 3.63) is 58.9 Å². The molecular weight excluding hydrogens is 364 g/mol. The van der Waals surface area contributed by atoms with Gasteiger partial charge in [0.25, 0.3) is 0 Å². The Kier molecular flexibility index (Phi) is 5.63. The van der Waals surface area contributed by atoms with E-state index in [1.807, 2.05) is 5.32 Å². The fourth-order valence-electron chi connectivity index (χ4n) is 1.96. The number of hydrogen-bond acceptors (Lipinski definition) is 2. The van der Waals surface area contributed by atoms with Crippen molar-refractivity contribution in [2.75, 3.05) is 10.6 Å². The zero-order valence-corrected chi connectivity index (χ0v) is 13.2. The van der Waals surface area contributed by atoms with Gasteiger partial charge in [0.2, 0.25) is 11.8 Å². The molecule has 0 bridgehead atoms. The lowest BCUT2D eigenvalue weighted by molar-refractivity contribution is -0.137. The lowest BCUT2D eigenvalue weighted by atomic mass is 10.1. The average molecular weight is 375 g/mol. The molecular formula is C16H11ClF4N2O2. The Morgan fingerprint density at radius 1 is 0.960 bits per heavy atom. The lowest BCUT2D eigenvalue weighted by Gasteiger charge is -2.14. The third-order valence-corrected chi connectivity index (χ3v) is 3.27. The molecule has 0 heterocycles. The summed E-state index contributed by atoms with van der Waals surface area (Å²) in [6.45, 7) is 0. The first kappa shape index (κ1) is 18.7. The second kappa shape index (κ2) is 7.52. The fourth-order valence-corrected chi connectivity index (χ4v) is 2.13. The van der Waals surface area contributed by atoms with Gasteiger partial charge in [0.15, 0.2) is 0 Å². The number of alkyl halides is 3. The van der Waals surface area contributed by atoms with E-state index in [0.29, 0.717) is 6.07 Å². The first-order valence-electron chi connectivity index (χ1n) is 6.88. The first-order chi connectivity index (χ1) is 11.7. The summed E-state index contributed by atoms with van der Waals surface area (Å²) in [5, 5.41) is 4.02. The number of rotatable bonds is 4. The van der Waals surface area contributed by atoms with Crippen molar-refractivity contribution in [2.45, 2.75) is 12.6 Å². The van der Waals surface area contributed by atoms with Gasteiger partial charge in [-0.3, -0.25) is 9.59 Å². The number of nitrogens with one attached hydrogen (secondary N) is 2. The smallest absolute Gasteiger partial charge is 0.325 e. The topological polar surface area (TPSA) is 58.2 Å². The summed E-state index contributed by atoms with van der Waals surface area (Å²) in [5.74, 6) is -2.56. The first-order valence-corrected chi connectivity index (χ1v) is 7.25. The van der Waals surface area contributed by atoms with Crippen LogP contribution in [0, 0.1) is 5.82 Å². The van der Waals surface area contributed by atoms with Crippen molar-refractivity contribution < 1.29 is 27.2 Å². The summed E-state index contributed by atoms with van der Waals surface area (Å²) in [4.78, 5) is 23.5. The zero-order valence-electron chi connectivity index (χ0n) is 12.5. The summed E-state index contributed by atoms with van der Waals surface area (Å²) in [5.41, 5.74) is -1.80. The van der Waals surface area contributed by atoms with Crippen molar-refractivity contribution in [1.82, 2.24) is 0 Å². The number of amides is 2. The van der Waals surface area contributed by atoms with Crippen LogP contribution < -0.4 is 10.6 Å². The molecule has 0 fully saturated rings. The van der Waals surface area contributed by atoms with Gasteiger partial charge in [0, 0.05) is 5.02 Å². The van der Waals surface area contributed by atoms with Gasteiger partial charge in [0.05, 0.1) is 16.9 Å². The molecule has 0 aliphatic heterocycles. The normalized spacial score (nSPS) is 11.1. The molecule has 9 heteroatoms. The zero-order chi connectivity index (χ0) is 18.6. The highest BCUT2D eigenvalue weighted by Crippen LogP contribution is 2.36. The summed E-state index contributed by atoms with van der Waals surface area (Å²) in [6.07, 6.45) is -5.52. The van der Waals surface area contributed by atoms with Crippen LogP contribution >= 0.6 is 11.6 Å². The van der Waals surface area contributed by atoms with Crippen LogP contribution in [0.2, 0.25) is 5.02 Å². The summed E-state index contributed by atoms with van der Waals surface area (Å²) < 4.78 is 52.2. The van der Waals surface area contributed by atoms with E-state index in [-0.39, 0.29) is 10.7 Å². The highest BCUT2D eigenvalue weighted by Gasteiger charge is 2.34. The van der Waals surface area contributed by atoms with E-state index in [0.717, 1.165) is 12.1 Å². The monoisotopic (exact) mass is 374 g/mol. The third kappa shape index (κ3) is 5.18. The predicted molar refractivity (Wildman–Crippen MR) is 84.7 cm³/mol. The van der Waals surface area contributed by atoms with Crippen LogP contribution in [0.4, 0.5) is 28.9 Å². The summed E-state index contributed by atoms with van der Waals surface area (Å²) >= 11 is 5.54. The van der Waals surface area contributed by atoms with E-state index in [2.05, 4.69) is 5.32 Å². The molecule has 0 saturated heterocycles. The molecule has 2 aromatic carbocycles. The van der Waals surface area contributed by atoms with Gasteiger partial charge in [-0.2, -0.15) is 13.2 Å². The van der Waals surface area contributed by atoms with Crippen molar-refractivity contribution in [3.63, 3.8) is 0 Å². The van der Waals surface area contributed by atoms with Gasteiger partial charge in [-0.05, 0) is 30.3 Å².